The predicted octanol–water partition coefficient (Wildman–Crippen LogP) is 0.414. The van der Waals surface area contributed by atoms with Crippen LogP contribution in [-0.4, -0.2) is 59.0 Å². The van der Waals surface area contributed by atoms with Gasteiger partial charge in [-0.25, -0.2) is 9.18 Å². The molecular formula is C17H18FN5O5S. The third kappa shape index (κ3) is 5.03. The number of amides is 3. The molecule has 1 aromatic carbocycles. The van der Waals surface area contributed by atoms with E-state index in [1.807, 2.05) is 0 Å². The summed E-state index contributed by atoms with van der Waals surface area (Å²) >= 11 is 1.10. The largest absolute Gasteiger partial charge is 0.442 e. The second-order valence-electron chi connectivity index (χ2n) is 6.15. The number of hydrogen-bond acceptors (Lipinski definition) is 8. The van der Waals surface area contributed by atoms with E-state index in [0.717, 1.165) is 11.3 Å². The predicted molar refractivity (Wildman–Crippen MR) is 101 cm³/mol. The second kappa shape index (κ2) is 8.92. The standard InChI is InChI=1S/C17H18FN5O5S/c1-9(25)19-5-11-7-23(17(27)28-11)10-2-3-12(13(18)4-10)16-22-21-15(29-16)6-20-14(26)8-24/h2-4,11,24H,5-8H2,1H3,(H,19,25)(H,20,26). The van der Waals surface area contributed by atoms with E-state index in [2.05, 4.69) is 20.8 Å². The van der Waals surface area contributed by atoms with Gasteiger partial charge in [-0.1, -0.05) is 11.3 Å². The summed E-state index contributed by atoms with van der Waals surface area (Å²) in [6, 6.07) is 4.25. The first-order valence-electron chi connectivity index (χ1n) is 8.60. The molecule has 1 saturated heterocycles. The molecule has 3 rings (SSSR count). The average Bonchev–Trinajstić information content (AvgIpc) is 3.30. The molecule has 154 valence electrons. The van der Waals surface area contributed by atoms with E-state index in [9.17, 15) is 18.8 Å². The Hall–Kier alpha value is -3.12. The topological polar surface area (TPSA) is 134 Å². The number of ether oxygens (including phenoxy) is 1. The molecule has 29 heavy (non-hydrogen) atoms. The summed E-state index contributed by atoms with van der Waals surface area (Å²) in [6.07, 6.45) is -1.14. The third-order valence-electron chi connectivity index (χ3n) is 3.99. The Morgan fingerprint density at radius 3 is 2.86 bits per heavy atom. The van der Waals surface area contributed by atoms with Crippen LogP contribution >= 0.6 is 11.3 Å². The van der Waals surface area contributed by atoms with Gasteiger partial charge in [-0.3, -0.25) is 14.5 Å². The lowest BCUT2D eigenvalue weighted by molar-refractivity contribution is -0.124. The van der Waals surface area contributed by atoms with E-state index in [1.165, 1.54) is 24.0 Å². The van der Waals surface area contributed by atoms with Gasteiger partial charge in [0.25, 0.3) is 0 Å². The van der Waals surface area contributed by atoms with Crippen LogP contribution in [0.25, 0.3) is 10.6 Å². The highest BCUT2D eigenvalue weighted by Crippen LogP contribution is 2.30. The molecule has 1 aromatic heterocycles. The molecule has 1 aliphatic heterocycles. The van der Waals surface area contributed by atoms with E-state index in [0.29, 0.717) is 15.7 Å². The highest BCUT2D eigenvalue weighted by atomic mass is 32.1. The summed E-state index contributed by atoms with van der Waals surface area (Å²) < 4.78 is 19.8. The van der Waals surface area contributed by atoms with Gasteiger partial charge in [-0.05, 0) is 18.2 Å². The summed E-state index contributed by atoms with van der Waals surface area (Å²) in [5.74, 6) is -1.38. The van der Waals surface area contributed by atoms with E-state index in [-0.39, 0.29) is 31.1 Å². The fraction of sp³-hybridized carbons (Fsp3) is 0.353. The zero-order valence-corrected chi connectivity index (χ0v) is 16.2. The number of aromatic nitrogens is 2. The summed E-state index contributed by atoms with van der Waals surface area (Å²) in [5.41, 5.74) is 0.523. The molecule has 0 saturated carbocycles. The molecule has 0 radical (unpaired) electrons. The number of carbonyl (C=O) groups is 3. The van der Waals surface area contributed by atoms with Crippen molar-refractivity contribution in [3.05, 3.63) is 29.0 Å². The molecular weight excluding hydrogens is 405 g/mol. The van der Waals surface area contributed by atoms with Gasteiger partial charge in [-0.15, -0.1) is 10.2 Å². The van der Waals surface area contributed by atoms with E-state index in [1.54, 1.807) is 6.07 Å². The lowest BCUT2D eigenvalue weighted by Gasteiger charge is -2.14. The maximum absolute atomic E-state index is 14.6. The Labute approximate surface area is 168 Å². The molecule has 1 aliphatic rings. The molecule has 3 amide bonds. The number of cyclic esters (lactones) is 1. The first-order chi connectivity index (χ1) is 13.9. The van der Waals surface area contributed by atoms with Crippen LogP contribution in [0, 0.1) is 5.82 Å². The van der Waals surface area contributed by atoms with Crippen LogP contribution in [0.2, 0.25) is 0 Å². The second-order valence-corrected chi connectivity index (χ2v) is 7.22. The Balaban J connectivity index is 1.69. The number of rotatable bonds is 7. The van der Waals surface area contributed by atoms with Gasteiger partial charge in [0, 0.05) is 12.5 Å². The highest BCUT2D eigenvalue weighted by molar-refractivity contribution is 7.14. The summed E-state index contributed by atoms with van der Waals surface area (Å²) in [6.45, 7) is 1.17. The van der Waals surface area contributed by atoms with Crippen LogP contribution in [0.4, 0.5) is 14.9 Å². The van der Waals surface area contributed by atoms with Gasteiger partial charge in [-0.2, -0.15) is 0 Å². The van der Waals surface area contributed by atoms with Crippen molar-refractivity contribution in [1.82, 2.24) is 20.8 Å². The summed E-state index contributed by atoms with van der Waals surface area (Å²) in [4.78, 5) is 35.4. The average molecular weight is 423 g/mol. The van der Waals surface area contributed by atoms with Crippen molar-refractivity contribution in [3.8, 4) is 10.6 Å². The molecule has 0 bridgehead atoms. The lowest BCUT2D eigenvalue weighted by Crippen LogP contribution is -2.33. The Bertz CT molecular complexity index is 937. The number of hydrogen-bond donors (Lipinski definition) is 3. The molecule has 3 N–H and O–H groups in total. The monoisotopic (exact) mass is 423 g/mol. The normalized spacial score (nSPS) is 15.9. The van der Waals surface area contributed by atoms with Crippen LogP contribution < -0.4 is 15.5 Å². The molecule has 0 spiro atoms. The first-order valence-corrected chi connectivity index (χ1v) is 9.41. The number of nitrogens with one attached hydrogen (secondary N) is 2. The zero-order chi connectivity index (χ0) is 21.0. The molecule has 10 nitrogen and oxygen atoms in total. The van der Waals surface area contributed by atoms with Gasteiger partial charge in [0.15, 0.2) is 5.01 Å². The smallest absolute Gasteiger partial charge is 0.414 e. The number of carbonyl (C=O) groups excluding carboxylic acids is 3. The molecule has 1 atom stereocenters. The van der Waals surface area contributed by atoms with Gasteiger partial charge < -0.3 is 20.5 Å². The van der Waals surface area contributed by atoms with Gasteiger partial charge in [0.2, 0.25) is 11.8 Å². The van der Waals surface area contributed by atoms with Crippen LogP contribution in [0.15, 0.2) is 18.2 Å². The van der Waals surface area contributed by atoms with Crippen molar-refractivity contribution in [2.75, 3.05) is 24.6 Å². The lowest BCUT2D eigenvalue weighted by atomic mass is 10.2. The van der Waals surface area contributed by atoms with Crippen LogP contribution in [-0.2, 0) is 20.9 Å². The van der Waals surface area contributed by atoms with E-state index >= 15 is 0 Å². The van der Waals surface area contributed by atoms with Gasteiger partial charge in [0.1, 0.15) is 23.5 Å². The number of anilines is 1. The molecule has 2 aromatic rings. The van der Waals surface area contributed by atoms with Crippen molar-refractivity contribution in [2.45, 2.75) is 19.6 Å². The van der Waals surface area contributed by atoms with Crippen molar-refractivity contribution < 1.29 is 28.6 Å². The maximum atomic E-state index is 14.6. The SMILES string of the molecule is CC(=O)NCC1CN(c2ccc(-c3nnc(CNC(=O)CO)s3)c(F)c2)C(=O)O1. The number of aliphatic hydroxyl groups is 1. The fourth-order valence-electron chi connectivity index (χ4n) is 2.61. The molecule has 2 heterocycles. The van der Waals surface area contributed by atoms with Crippen LogP contribution in [0.5, 0.6) is 0 Å². The minimum absolute atomic E-state index is 0.0755. The van der Waals surface area contributed by atoms with Gasteiger partial charge >= 0.3 is 6.09 Å². The number of benzene rings is 1. The molecule has 1 unspecified atom stereocenters. The number of halogens is 1. The minimum Gasteiger partial charge on any atom is -0.442 e. The fourth-order valence-corrected chi connectivity index (χ4v) is 3.41. The van der Waals surface area contributed by atoms with E-state index < -0.39 is 30.5 Å². The minimum atomic E-state index is -0.633. The Morgan fingerprint density at radius 1 is 1.38 bits per heavy atom. The first kappa shape index (κ1) is 20.6. The van der Waals surface area contributed by atoms with Gasteiger partial charge in [0.05, 0.1) is 25.3 Å². The molecule has 0 aliphatic carbocycles. The third-order valence-corrected chi connectivity index (χ3v) is 4.95. The summed E-state index contributed by atoms with van der Waals surface area (Å²) in [7, 11) is 0. The Morgan fingerprint density at radius 2 is 2.17 bits per heavy atom. The number of nitrogens with zero attached hydrogens (tertiary/aromatic N) is 3. The van der Waals surface area contributed by atoms with Crippen molar-refractivity contribution in [1.29, 1.82) is 0 Å². The molecule has 1 fully saturated rings. The summed E-state index contributed by atoms with van der Waals surface area (Å²) in [5, 5.41) is 22.3. The van der Waals surface area contributed by atoms with Crippen molar-refractivity contribution in [2.24, 2.45) is 0 Å². The quantitative estimate of drug-likeness (QED) is 0.587. The number of aliphatic hydroxyl groups excluding tert-OH is 1. The van der Waals surface area contributed by atoms with E-state index in [4.69, 9.17) is 9.84 Å². The molecule has 12 heteroatoms. The van der Waals surface area contributed by atoms with Crippen LogP contribution in [0.3, 0.4) is 0 Å². The highest BCUT2D eigenvalue weighted by Gasteiger charge is 2.32. The zero-order valence-electron chi connectivity index (χ0n) is 15.3. The van der Waals surface area contributed by atoms with Crippen molar-refractivity contribution >= 4 is 34.9 Å². The maximum Gasteiger partial charge on any atom is 0.414 e. The Kier molecular flexibility index (Phi) is 6.34. The van der Waals surface area contributed by atoms with Crippen LogP contribution in [0.1, 0.15) is 11.9 Å². The van der Waals surface area contributed by atoms with Crippen molar-refractivity contribution in [3.63, 3.8) is 0 Å².